The molecule has 0 saturated carbocycles. The van der Waals surface area contributed by atoms with Crippen molar-refractivity contribution in [3.05, 3.63) is 30.1 Å². The summed E-state index contributed by atoms with van der Waals surface area (Å²) in [5.41, 5.74) is 9.14. The van der Waals surface area contributed by atoms with Crippen LogP contribution in [0, 0.1) is 0 Å². The smallest absolute Gasteiger partial charge is 0.124 e. The third-order valence-corrected chi connectivity index (χ3v) is 5.10. The molecule has 0 amide bonds. The molecule has 5 heteroatoms. The van der Waals surface area contributed by atoms with Gasteiger partial charge in [0.25, 0.3) is 0 Å². The van der Waals surface area contributed by atoms with E-state index in [4.69, 9.17) is 10.5 Å². The Hall–Kier alpha value is -1.17. The first-order valence-electron chi connectivity index (χ1n) is 7.15. The summed E-state index contributed by atoms with van der Waals surface area (Å²) in [5, 5.41) is 0. The van der Waals surface area contributed by atoms with Crippen molar-refractivity contribution in [2.45, 2.75) is 45.4 Å². The molecule has 110 valence electrons. The quantitative estimate of drug-likeness (QED) is 0.656. The van der Waals surface area contributed by atoms with Crippen LogP contribution in [0.2, 0.25) is 25.7 Å². The van der Waals surface area contributed by atoms with Gasteiger partial charge in [0, 0.05) is 20.7 Å². The second kappa shape index (κ2) is 6.07. The van der Waals surface area contributed by atoms with Gasteiger partial charge in [0.05, 0.1) is 17.4 Å². The van der Waals surface area contributed by atoms with Gasteiger partial charge in [0.2, 0.25) is 0 Å². The number of rotatable bonds is 6. The highest BCUT2D eigenvalue weighted by atomic mass is 28.3. The van der Waals surface area contributed by atoms with E-state index in [1.54, 1.807) is 0 Å². The Morgan fingerprint density at radius 2 is 2.10 bits per heavy atom. The van der Waals surface area contributed by atoms with Gasteiger partial charge in [-0.05, 0) is 30.7 Å². The van der Waals surface area contributed by atoms with Gasteiger partial charge >= 0.3 is 0 Å². The third kappa shape index (κ3) is 3.91. The van der Waals surface area contributed by atoms with Crippen molar-refractivity contribution in [2.75, 3.05) is 6.61 Å². The summed E-state index contributed by atoms with van der Waals surface area (Å²) >= 11 is 0. The average Bonchev–Trinajstić information content (AvgIpc) is 2.76. The van der Waals surface area contributed by atoms with Crippen molar-refractivity contribution in [1.82, 2.24) is 9.55 Å². The number of aromatic nitrogens is 2. The number of nitrogens with zero attached hydrogens (tertiary/aromatic N) is 2. The summed E-state index contributed by atoms with van der Waals surface area (Å²) in [4.78, 5) is 4.40. The van der Waals surface area contributed by atoms with E-state index in [9.17, 15) is 0 Å². The maximum atomic E-state index is 5.94. The number of benzene rings is 1. The van der Waals surface area contributed by atoms with Gasteiger partial charge in [-0.2, -0.15) is 0 Å². The molecule has 1 atom stereocenters. The van der Waals surface area contributed by atoms with Crippen molar-refractivity contribution in [3.63, 3.8) is 0 Å². The Balaban J connectivity index is 2.04. The molecule has 0 aliphatic heterocycles. The maximum Gasteiger partial charge on any atom is 0.124 e. The van der Waals surface area contributed by atoms with Crippen molar-refractivity contribution in [1.29, 1.82) is 0 Å². The molecule has 20 heavy (non-hydrogen) atoms. The third-order valence-electron chi connectivity index (χ3n) is 3.40. The molecule has 0 spiro atoms. The summed E-state index contributed by atoms with van der Waals surface area (Å²) < 4.78 is 7.84. The molecule has 0 fully saturated rings. The number of hydrogen-bond donors (Lipinski definition) is 1. The molecule has 2 aromatic rings. The highest BCUT2D eigenvalue weighted by Crippen LogP contribution is 2.18. The Morgan fingerprint density at radius 1 is 1.35 bits per heavy atom. The Kier molecular flexibility index (Phi) is 4.62. The molecule has 0 radical (unpaired) electrons. The fourth-order valence-electron chi connectivity index (χ4n) is 2.00. The van der Waals surface area contributed by atoms with E-state index in [0.29, 0.717) is 6.73 Å². The van der Waals surface area contributed by atoms with Gasteiger partial charge in [0.15, 0.2) is 0 Å². The van der Waals surface area contributed by atoms with Gasteiger partial charge in [-0.3, -0.25) is 0 Å². The lowest BCUT2D eigenvalue weighted by molar-refractivity contribution is 0.0898. The lowest BCUT2D eigenvalue weighted by Gasteiger charge is -2.15. The number of hydrogen-bond acceptors (Lipinski definition) is 3. The van der Waals surface area contributed by atoms with Crippen LogP contribution in [0.25, 0.3) is 11.0 Å². The lowest BCUT2D eigenvalue weighted by atomic mass is 10.1. The molecule has 0 saturated heterocycles. The van der Waals surface area contributed by atoms with E-state index in [0.717, 1.165) is 23.2 Å². The molecule has 0 bridgehead atoms. The van der Waals surface area contributed by atoms with Crippen LogP contribution in [-0.2, 0) is 11.5 Å². The van der Waals surface area contributed by atoms with Crippen LogP contribution < -0.4 is 5.73 Å². The van der Waals surface area contributed by atoms with Crippen LogP contribution in [0.15, 0.2) is 24.5 Å². The van der Waals surface area contributed by atoms with E-state index in [1.165, 1.54) is 6.04 Å². The van der Waals surface area contributed by atoms with Gasteiger partial charge < -0.3 is 15.0 Å². The van der Waals surface area contributed by atoms with Crippen LogP contribution >= 0.6 is 0 Å². The first kappa shape index (κ1) is 15.2. The van der Waals surface area contributed by atoms with E-state index in [1.807, 2.05) is 30.0 Å². The number of ether oxygens (including phenoxy) is 1. The molecule has 0 unspecified atom stereocenters. The summed E-state index contributed by atoms with van der Waals surface area (Å²) in [5.74, 6) is 0. The summed E-state index contributed by atoms with van der Waals surface area (Å²) in [6, 6.07) is 7.39. The van der Waals surface area contributed by atoms with Crippen LogP contribution in [-0.4, -0.2) is 24.2 Å². The molecule has 1 heterocycles. The minimum atomic E-state index is -1.02. The maximum absolute atomic E-state index is 5.94. The van der Waals surface area contributed by atoms with Gasteiger partial charge in [0.1, 0.15) is 6.73 Å². The number of imidazole rings is 1. The standard InChI is InChI=1S/C15H25N3OSi/c1-12(16)13-5-6-14-15(9-13)18(10-17-14)11-19-7-8-20(2,3)4/h5-6,9-10,12H,7-8,11,16H2,1-4H3/t12-/m1/s1. The van der Waals surface area contributed by atoms with Crippen molar-refractivity contribution >= 4 is 19.1 Å². The number of fused-ring (bicyclic) bond motifs is 1. The predicted molar refractivity (Wildman–Crippen MR) is 86.4 cm³/mol. The minimum absolute atomic E-state index is 0.0376. The molecule has 0 aliphatic rings. The van der Waals surface area contributed by atoms with Gasteiger partial charge in [-0.25, -0.2) is 4.98 Å². The molecule has 1 aromatic heterocycles. The van der Waals surface area contributed by atoms with Crippen molar-refractivity contribution < 1.29 is 4.74 Å². The highest BCUT2D eigenvalue weighted by Gasteiger charge is 2.12. The van der Waals surface area contributed by atoms with Crippen molar-refractivity contribution in [2.24, 2.45) is 5.73 Å². The Labute approximate surface area is 122 Å². The monoisotopic (exact) mass is 291 g/mol. The number of nitrogens with two attached hydrogens (primary N) is 1. The van der Waals surface area contributed by atoms with Gasteiger partial charge in [-0.15, -0.1) is 0 Å². The second-order valence-electron chi connectivity index (χ2n) is 6.60. The van der Waals surface area contributed by atoms with E-state index < -0.39 is 8.07 Å². The minimum Gasteiger partial charge on any atom is -0.361 e. The zero-order valence-electron chi connectivity index (χ0n) is 12.9. The van der Waals surface area contributed by atoms with Crippen LogP contribution in [0.4, 0.5) is 0 Å². The normalized spacial score (nSPS) is 13.8. The van der Waals surface area contributed by atoms with E-state index in [2.05, 4.69) is 30.7 Å². The zero-order chi connectivity index (χ0) is 14.8. The molecule has 1 aromatic carbocycles. The molecule has 2 rings (SSSR count). The highest BCUT2D eigenvalue weighted by molar-refractivity contribution is 6.76. The summed E-state index contributed by atoms with van der Waals surface area (Å²) in [7, 11) is -1.02. The fourth-order valence-corrected chi connectivity index (χ4v) is 2.76. The second-order valence-corrected chi connectivity index (χ2v) is 12.2. The van der Waals surface area contributed by atoms with E-state index >= 15 is 0 Å². The molecule has 2 N–H and O–H groups in total. The largest absolute Gasteiger partial charge is 0.361 e. The van der Waals surface area contributed by atoms with Gasteiger partial charge in [-0.1, -0.05) is 25.7 Å². The summed E-state index contributed by atoms with van der Waals surface area (Å²) in [6.45, 7) is 10.5. The van der Waals surface area contributed by atoms with Crippen molar-refractivity contribution in [3.8, 4) is 0 Å². The fraction of sp³-hybridized carbons (Fsp3) is 0.533. The van der Waals surface area contributed by atoms with Crippen LogP contribution in [0.1, 0.15) is 18.5 Å². The van der Waals surface area contributed by atoms with Crippen LogP contribution in [0.3, 0.4) is 0 Å². The topological polar surface area (TPSA) is 53.1 Å². The Morgan fingerprint density at radius 3 is 2.75 bits per heavy atom. The summed E-state index contributed by atoms with van der Waals surface area (Å²) in [6.07, 6.45) is 1.84. The Bertz CT molecular complexity index is 572. The first-order valence-corrected chi connectivity index (χ1v) is 10.9. The molecule has 0 aliphatic carbocycles. The van der Waals surface area contributed by atoms with Crippen LogP contribution in [0.5, 0.6) is 0 Å². The predicted octanol–water partition coefficient (Wildman–Crippen LogP) is 3.37. The molecular weight excluding hydrogens is 266 g/mol. The molecule has 4 nitrogen and oxygen atoms in total. The first-order chi connectivity index (χ1) is 9.37. The lowest BCUT2D eigenvalue weighted by Crippen LogP contribution is -2.21. The molecular formula is C15H25N3OSi. The SMILES string of the molecule is C[C@@H](N)c1ccc2ncn(COCC[Si](C)(C)C)c2c1. The zero-order valence-corrected chi connectivity index (χ0v) is 13.9. The van der Waals surface area contributed by atoms with E-state index in [-0.39, 0.29) is 6.04 Å². The average molecular weight is 291 g/mol.